The average Bonchev–Trinajstić information content (AvgIpc) is 2.68. The summed E-state index contributed by atoms with van der Waals surface area (Å²) in [6.07, 6.45) is 5.75. The van der Waals surface area contributed by atoms with Gasteiger partial charge in [0.15, 0.2) is 0 Å². The minimum absolute atomic E-state index is 0.443. The van der Waals surface area contributed by atoms with Crippen LogP contribution in [0.3, 0.4) is 0 Å². The number of hydrogen-bond donors (Lipinski definition) is 2. The number of benzene rings is 1. The van der Waals surface area contributed by atoms with Gasteiger partial charge < -0.3 is 11.1 Å². The zero-order chi connectivity index (χ0) is 14.0. The van der Waals surface area contributed by atoms with Gasteiger partial charge in [0.1, 0.15) is 4.99 Å². The molecule has 1 aromatic rings. The Morgan fingerprint density at radius 2 is 2.21 bits per heavy atom. The monoisotopic (exact) mass is 294 g/mol. The Labute approximate surface area is 125 Å². The highest BCUT2D eigenvalue weighted by atomic mass is 32.2. The summed E-state index contributed by atoms with van der Waals surface area (Å²) in [4.78, 5) is 1.62. The molecule has 19 heavy (non-hydrogen) atoms. The maximum atomic E-state index is 5.90. The molecule has 0 radical (unpaired) electrons. The van der Waals surface area contributed by atoms with Crippen molar-refractivity contribution < 1.29 is 0 Å². The summed E-state index contributed by atoms with van der Waals surface area (Å²) in [5, 5.41) is 3.64. The van der Waals surface area contributed by atoms with Gasteiger partial charge >= 0.3 is 0 Å². The van der Waals surface area contributed by atoms with Crippen LogP contribution in [0.25, 0.3) is 0 Å². The van der Waals surface area contributed by atoms with Gasteiger partial charge in [-0.15, -0.1) is 11.8 Å². The molecular formula is C15H22N2S2. The van der Waals surface area contributed by atoms with Crippen molar-refractivity contribution in [3.8, 4) is 0 Å². The van der Waals surface area contributed by atoms with Crippen LogP contribution in [0.4, 0.5) is 5.69 Å². The van der Waals surface area contributed by atoms with Crippen molar-refractivity contribution >= 4 is 34.7 Å². The molecule has 4 heteroatoms. The quantitative estimate of drug-likeness (QED) is 0.649. The Morgan fingerprint density at radius 1 is 1.47 bits per heavy atom. The van der Waals surface area contributed by atoms with Crippen molar-refractivity contribution in [1.29, 1.82) is 0 Å². The first-order valence-corrected chi connectivity index (χ1v) is 8.29. The number of hydrogen-bond acceptors (Lipinski definition) is 3. The molecule has 1 fully saturated rings. The molecule has 0 aromatic heterocycles. The largest absolute Gasteiger partial charge is 0.389 e. The molecule has 1 aliphatic carbocycles. The highest BCUT2D eigenvalue weighted by molar-refractivity contribution is 7.98. The second kappa shape index (κ2) is 5.71. The van der Waals surface area contributed by atoms with E-state index in [9.17, 15) is 0 Å². The maximum absolute atomic E-state index is 5.90. The molecular weight excluding hydrogens is 272 g/mol. The van der Waals surface area contributed by atoms with E-state index in [-0.39, 0.29) is 0 Å². The number of thioether (sulfide) groups is 1. The Morgan fingerprint density at radius 3 is 2.74 bits per heavy atom. The van der Waals surface area contributed by atoms with Crippen LogP contribution in [0, 0.1) is 5.41 Å². The molecule has 1 unspecified atom stereocenters. The summed E-state index contributed by atoms with van der Waals surface area (Å²) >= 11 is 6.90. The van der Waals surface area contributed by atoms with Gasteiger partial charge in [-0.2, -0.15) is 0 Å². The first-order valence-electron chi connectivity index (χ1n) is 6.66. The number of anilines is 1. The van der Waals surface area contributed by atoms with Crippen molar-refractivity contribution in [1.82, 2.24) is 0 Å². The molecule has 2 rings (SSSR count). The number of thiocarbonyl (C=S) groups is 1. The third-order valence-electron chi connectivity index (χ3n) is 3.82. The lowest BCUT2D eigenvalue weighted by Gasteiger charge is -2.21. The molecule has 1 aliphatic rings. The molecule has 0 heterocycles. The molecule has 0 saturated heterocycles. The molecule has 1 atom stereocenters. The van der Waals surface area contributed by atoms with Gasteiger partial charge in [0.2, 0.25) is 0 Å². The van der Waals surface area contributed by atoms with Crippen molar-refractivity contribution in [2.75, 3.05) is 11.6 Å². The number of rotatable bonds is 4. The number of nitrogens with two attached hydrogens (primary N) is 1. The summed E-state index contributed by atoms with van der Waals surface area (Å²) < 4.78 is 0. The van der Waals surface area contributed by atoms with Crippen molar-refractivity contribution in [2.24, 2.45) is 11.1 Å². The van der Waals surface area contributed by atoms with E-state index in [0.29, 0.717) is 16.4 Å². The van der Waals surface area contributed by atoms with E-state index >= 15 is 0 Å². The molecule has 2 nitrogen and oxygen atoms in total. The summed E-state index contributed by atoms with van der Waals surface area (Å²) in [5.74, 6) is 0. The van der Waals surface area contributed by atoms with Gasteiger partial charge in [-0.1, -0.05) is 32.1 Å². The average molecular weight is 294 g/mol. The van der Waals surface area contributed by atoms with Crippen LogP contribution in [-0.4, -0.2) is 17.3 Å². The minimum atomic E-state index is 0.443. The summed E-state index contributed by atoms with van der Waals surface area (Å²) in [6.45, 7) is 4.67. The summed E-state index contributed by atoms with van der Waals surface area (Å²) in [6, 6.07) is 6.75. The van der Waals surface area contributed by atoms with Gasteiger partial charge in [-0.05, 0) is 43.1 Å². The first kappa shape index (κ1) is 14.7. The molecule has 0 bridgehead atoms. The van der Waals surface area contributed by atoms with E-state index in [1.807, 2.05) is 0 Å². The van der Waals surface area contributed by atoms with E-state index in [1.165, 1.54) is 19.3 Å². The SMILES string of the molecule is CSc1cccc(NC2CCC(C)(C)C2)c1C(N)=S. The summed E-state index contributed by atoms with van der Waals surface area (Å²) in [5.41, 5.74) is 8.42. The number of nitrogens with one attached hydrogen (secondary N) is 1. The second-order valence-corrected chi connectivity index (χ2v) is 7.28. The zero-order valence-corrected chi connectivity index (χ0v) is 13.5. The normalized spacial score (nSPS) is 21.3. The highest BCUT2D eigenvalue weighted by Gasteiger charge is 2.31. The van der Waals surface area contributed by atoms with Gasteiger partial charge in [0.05, 0.1) is 0 Å². The van der Waals surface area contributed by atoms with Gasteiger partial charge in [0.25, 0.3) is 0 Å². The van der Waals surface area contributed by atoms with Crippen LogP contribution in [0.2, 0.25) is 0 Å². The van der Waals surface area contributed by atoms with Crippen molar-refractivity contribution in [3.05, 3.63) is 23.8 Å². The molecule has 0 spiro atoms. The standard InChI is InChI=1S/C15H22N2S2/c1-15(2)8-7-10(9-15)17-11-5-4-6-12(19-3)13(11)14(16)18/h4-6,10,17H,7-9H2,1-3H3,(H2,16,18). The smallest absolute Gasteiger partial charge is 0.107 e. The van der Waals surface area contributed by atoms with E-state index in [0.717, 1.165) is 16.1 Å². The Kier molecular flexibility index (Phi) is 4.41. The predicted octanol–water partition coefficient (Wildman–Crippen LogP) is 4.03. The Hall–Kier alpha value is -0.740. The maximum Gasteiger partial charge on any atom is 0.107 e. The van der Waals surface area contributed by atoms with Crippen molar-refractivity contribution in [3.63, 3.8) is 0 Å². The topological polar surface area (TPSA) is 38.0 Å². The fraction of sp³-hybridized carbons (Fsp3) is 0.533. The van der Waals surface area contributed by atoms with Gasteiger partial charge in [0, 0.05) is 22.2 Å². The lowest BCUT2D eigenvalue weighted by Crippen LogP contribution is -2.21. The fourth-order valence-corrected chi connectivity index (χ4v) is 3.78. The molecule has 0 aliphatic heterocycles. The predicted molar refractivity (Wildman–Crippen MR) is 89.2 cm³/mol. The highest BCUT2D eigenvalue weighted by Crippen LogP contribution is 2.39. The third kappa shape index (κ3) is 3.42. The first-order chi connectivity index (χ1) is 8.93. The summed E-state index contributed by atoms with van der Waals surface area (Å²) in [7, 11) is 0. The lowest BCUT2D eigenvalue weighted by atomic mass is 9.92. The van der Waals surface area contributed by atoms with Crippen LogP contribution >= 0.6 is 24.0 Å². The van der Waals surface area contributed by atoms with Gasteiger partial charge in [-0.25, -0.2) is 0 Å². The van der Waals surface area contributed by atoms with Crippen LogP contribution in [0.1, 0.15) is 38.7 Å². The third-order valence-corrected chi connectivity index (χ3v) is 4.80. The van der Waals surface area contributed by atoms with Crippen LogP contribution in [0.15, 0.2) is 23.1 Å². The van der Waals surface area contributed by atoms with E-state index < -0.39 is 0 Å². The fourth-order valence-electron chi connectivity index (χ4n) is 2.85. The van der Waals surface area contributed by atoms with E-state index in [2.05, 4.69) is 43.6 Å². The Bertz CT molecular complexity index is 483. The van der Waals surface area contributed by atoms with Crippen LogP contribution < -0.4 is 11.1 Å². The lowest BCUT2D eigenvalue weighted by molar-refractivity contribution is 0.378. The molecule has 104 valence electrons. The molecule has 1 aromatic carbocycles. The van der Waals surface area contributed by atoms with Gasteiger partial charge in [-0.3, -0.25) is 0 Å². The molecule has 1 saturated carbocycles. The molecule has 0 amide bonds. The second-order valence-electron chi connectivity index (χ2n) is 6.00. The van der Waals surface area contributed by atoms with Crippen molar-refractivity contribution in [2.45, 2.75) is 44.0 Å². The molecule has 3 N–H and O–H groups in total. The van der Waals surface area contributed by atoms with E-state index in [1.54, 1.807) is 11.8 Å². The minimum Gasteiger partial charge on any atom is -0.389 e. The van der Waals surface area contributed by atoms with Crippen LogP contribution in [0.5, 0.6) is 0 Å². The van der Waals surface area contributed by atoms with E-state index in [4.69, 9.17) is 18.0 Å². The van der Waals surface area contributed by atoms with Crippen LogP contribution in [-0.2, 0) is 0 Å². The Balaban J connectivity index is 2.23. The zero-order valence-electron chi connectivity index (χ0n) is 11.8.